The molecule has 8 nitrogen and oxygen atoms in total. The Morgan fingerprint density at radius 1 is 1.06 bits per heavy atom. The third kappa shape index (κ3) is 4.75. The molecule has 5 rings (SSSR count). The van der Waals surface area contributed by atoms with Gasteiger partial charge in [-0.25, -0.2) is 14.4 Å². The highest BCUT2D eigenvalue weighted by Gasteiger charge is 2.29. The van der Waals surface area contributed by atoms with Gasteiger partial charge in [-0.05, 0) is 56.2 Å². The second-order valence-electron chi connectivity index (χ2n) is 8.52. The van der Waals surface area contributed by atoms with Crippen LogP contribution in [0.3, 0.4) is 0 Å². The minimum Gasteiger partial charge on any atom is -0.437 e. The molecule has 1 aliphatic rings. The molecule has 2 aromatic heterocycles. The fourth-order valence-corrected chi connectivity index (χ4v) is 4.30. The Labute approximate surface area is 201 Å². The van der Waals surface area contributed by atoms with E-state index in [0.717, 1.165) is 11.0 Å². The van der Waals surface area contributed by atoms with Crippen molar-refractivity contribution in [2.45, 2.75) is 31.9 Å². The van der Waals surface area contributed by atoms with E-state index in [-0.39, 0.29) is 17.5 Å². The van der Waals surface area contributed by atoms with Crippen LogP contribution in [-0.2, 0) is 4.79 Å². The van der Waals surface area contributed by atoms with Crippen LogP contribution in [0.15, 0.2) is 60.9 Å². The van der Waals surface area contributed by atoms with Crippen LogP contribution in [0, 0.1) is 0 Å². The molecule has 3 heterocycles. The van der Waals surface area contributed by atoms with E-state index in [2.05, 4.69) is 19.9 Å². The van der Waals surface area contributed by atoms with Gasteiger partial charge in [0.1, 0.15) is 11.4 Å². The SMILES string of the molecule is CC(F)C(=O)N1CCC(c2nccnc2Oc2ccc(C(=O)c3nc4ccccc4[nH]3)cc2)CC1. The molecule has 0 bridgehead atoms. The number of aromatic nitrogens is 4. The lowest BCUT2D eigenvalue weighted by atomic mass is 9.93. The Morgan fingerprint density at radius 3 is 2.49 bits per heavy atom. The lowest BCUT2D eigenvalue weighted by Crippen LogP contribution is -2.41. The predicted molar refractivity (Wildman–Crippen MR) is 127 cm³/mol. The van der Waals surface area contributed by atoms with Crippen LogP contribution in [0.25, 0.3) is 11.0 Å². The average molecular weight is 474 g/mol. The number of fused-ring (bicyclic) bond motifs is 1. The molecule has 2 aromatic carbocycles. The first-order valence-corrected chi connectivity index (χ1v) is 11.5. The molecule has 178 valence electrons. The van der Waals surface area contributed by atoms with Gasteiger partial charge < -0.3 is 14.6 Å². The normalized spacial score (nSPS) is 15.2. The molecule has 0 aliphatic carbocycles. The summed E-state index contributed by atoms with van der Waals surface area (Å²) in [7, 11) is 0. The number of carbonyl (C=O) groups excluding carboxylic acids is 2. The molecule has 0 saturated carbocycles. The molecule has 1 fully saturated rings. The number of rotatable bonds is 6. The first-order chi connectivity index (χ1) is 17.0. The topological polar surface area (TPSA) is 101 Å². The summed E-state index contributed by atoms with van der Waals surface area (Å²) in [5.41, 5.74) is 2.73. The van der Waals surface area contributed by atoms with Gasteiger partial charge in [-0.2, -0.15) is 0 Å². The zero-order chi connectivity index (χ0) is 24.4. The van der Waals surface area contributed by atoms with Crippen molar-refractivity contribution in [3.05, 3.63) is 78.0 Å². The molecular weight excluding hydrogens is 449 g/mol. The maximum absolute atomic E-state index is 13.4. The molecule has 1 N–H and O–H groups in total. The summed E-state index contributed by atoms with van der Waals surface area (Å²) in [6.45, 7) is 2.19. The fraction of sp³-hybridized carbons (Fsp3) is 0.269. The number of nitrogens with one attached hydrogen (secondary N) is 1. The van der Waals surface area contributed by atoms with Crippen LogP contribution in [0.2, 0.25) is 0 Å². The summed E-state index contributed by atoms with van der Waals surface area (Å²) in [6.07, 6.45) is 2.97. The van der Waals surface area contributed by atoms with Crippen molar-refractivity contribution in [2.75, 3.05) is 13.1 Å². The number of benzene rings is 2. The number of hydrogen-bond donors (Lipinski definition) is 1. The van der Waals surface area contributed by atoms with Crippen LogP contribution in [0.5, 0.6) is 11.6 Å². The first kappa shape index (κ1) is 22.6. The van der Waals surface area contributed by atoms with Gasteiger partial charge in [0.15, 0.2) is 12.0 Å². The van der Waals surface area contributed by atoms with E-state index in [9.17, 15) is 14.0 Å². The zero-order valence-electron chi connectivity index (χ0n) is 19.1. The van der Waals surface area contributed by atoms with E-state index in [4.69, 9.17) is 4.74 Å². The maximum Gasteiger partial charge on any atom is 0.256 e. The molecule has 1 aliphatic heterocycles. The van der Waals surface area contributed by atoms with Crippen molar-refractivity contribution < 1.29 is 18.7 Å². The number of H-pyrrole nitrogens is 1. The Balaban J connectivity index is 1.28. The molecule has 1 unspecified atom stereocenters. The predicted octanol–water partition coefficient (Wildman–Crippen LogP) is 4.44. The van der Waals surface area contributed by atoms with Crippen molar-refractivity contribution in [2.24, 2.45) is 0 Å². The monoisotopic (exact) mass is 473 g/mol. The first-order valence-electron chi connectivity index (χ1n) is 11.5. The highest BCUT2D eigenvalue weighted by molar-refractivity contribution is 6.08. The number of alkyl halides is 1. The van der Waals surface area contributed by atoms with Gasteiger partial charge in [0.25, 0.3) is 5.91 Å². The number of likely N-dealkylation sites (tertiary alicyclic amines) is 1. The minimum absolute atomic E-state index is 0.0478. The number of hydrogen-bond acceptors (Lipinski definition) is 6. The van der Waals surface area contributed by atoms with Crippen molar-refractivity contribution >= 4 is 22.7 Å². The molecule has 1 amide bonds. The molecule has 0 radical (unpaired) electrons. The van der Waals surface area contributed by atoms with Crippen LogP contribution < -0.4 is 4.74 Å². The van der Waals surface area contributed by atoms with Crippen molar-refractivity contribution in [1.29, 1.82) is 0 Å². The second-order valence-corrected chi connectivity index (χ2v) is 8.52. The zero-order valence-corrected chi connectivity index (χ0v) is 19.1. The molecule has 0 spiro atoms. The lowest BCUT2D eigenvalue weighted by molar-refractivity contribution is -0.137. The average Bonchev–Trinajstić information content (AvgIpc) is 3.33. The van der Waals surface area contributed by atoms with Crippen molar-refractivity contribution in [3.8, 4) is 11.6 Å². The third-order valence-corrected chi connectivity index (χ3v) is 6.16. The van der Waals surface area contributed by atoms with E-state index in [1.54, 1.807) is 41.6 Å². The number of piperidine rings is 1. The molecular formula is C26H24FN5O3. The Hall–Kier alpha value is -4.14. The molecule has 1 atom stereocenters. The number of nitrogens with zero attached hydrogens (tertiary/aromatic N) is 4. The van der Waals surface area contributed by atoms with E-state index < -0.39 is 12.1 Å². The Bertz CT molecular complexity index is 1330. The third-order valence-electron chi connectivity index (χ3n) is 6.16. The van der Waals surface area contributed by atoms with E-state index in [1.807, 2.05) is 24.3 Å². The smallest absolute Gasteiger partial charge is 0.256 e. The summed E-state index contributed by atoms with van der Waals surface area (Å²) < 4.78 is 19.4. The van der Waals surface area contributed by atoms with Crippen molar-refractivity contribution in [1.82, 2.24) is 24.8 Å². The number of amides is 1. The standard InChI is InChI=1S/C26H24FN5O3/c1-16(27)26(34)32-14-10-17(11-15-32)22-25(29-13-12-28-22)35-19-8-6-18(7-9-19)23(33)24-30-20-4-2-3-5-21(20)31-24/h2-9,12-13,16-17H,10-11,14-15H2,1H3,(H,30,31). The van der Waals surface area contributed by atoms with Gasteiger partial charge in [-0.15, -0.1) is 0 Å². The molecule has 1 saturated heterocycles. The number of carbonyl (C=O) groups is 2. The Morgan fingerprint density at radius 2 is 1.77 bits per heavy atom. The summed E-state index contributed by atoms with van der Waals surface area (Å²) in [6, 6.07) is 14.3. The van der Waals surface area contributed by atoms with E-state index >= 15 is 0 Å². The van der Waals surface area contributed by atoms with Crippen LogP contribution in [0.1, 0.15) is 47.6 Å². The van der Waals surface area contributed by atoms with Crippen LogP contribution in [-0.4, -0.2) is 55.8 Å². The quantitative estimate of drug-likeness (QED) is 0.416. The van der Waals surface area contributed by atoms with Crippen LogP contribution >= 0.6 is 0 Å². The van der Waals surface area contributed by atoms with Gasteiger partial charge in [0.05, 0.1) is 11.0 Å². The summed E-state index contributed by atoms with van der Waals surface area (Å²) in [5, 5.41) is 0. The molecule has 35 heavy (non-hydrogen) atoms. The van der Waals surface area contributed by atoms with Crippen molar-refractivity contribution in [3.63, 3.8) is 0 Å². The summed E-state index contributed by atoms with van der Waals surface area (Å²) in [5.74, 6) is 0.544. The maximum atomic E-state index is 13.4. The lowest BCUT2D eigenvalue weighted by Gasteiger charge is -2.32. The second kappa shape index (κ2) is 9.61. The van der Waals surface area contributed by atoms with Gasteiger partial charge >= 0.3 is 0 Å². The number of ether oxygens (including phenoxy) is 1. The number of halogens is 1. The molecule has 9 heteroatoms. The minimum atomic E-state index is -1.50. The van der Waals surface area contributed by atoms with E-state index in [1.165, 1.54) is 6.92 Å². The van der Waals surface area contributed by atoms with Gasteiger partial charge in [0.2, 0.25) is 11.7 Å². The highest BCUT2D eigenvalue weighted by Crippen LogP contribution is 2.33. The largest absolute Gasteiger partial charge is 0.437 e. The Kier molecular flexibility index (Phi) is 6.22. The van der Waals surface area contributed by atoms with Gasteiger partial charge in [0, 0.05) is 37.0 Å². The summed E-state index contributed by atoms with van der Waals surface area (Å²) >= 11 is 0. The van der Waals surface area contributed by atoms with Gasteiger partial charge in [-0.1, -0.05) is 12.1 Å². The highest BCUT2D eigenvalue weighted by atomic mass is 19.1. The number of para-hydroxylation sites is 2. The van der Waals surface area contributed by atoms with Gasteiger partial charge in [-0.3, -0.25) is 14.6 Å². The molecule has 4 aromatic rings. The summed E-state index contributed by atoms with van der Waals surface area (Å²) in [4.78, 5) is 42.6. The number of ketones is 1. The fourth-order valence-electron chi connectivity index (χ4n) is 4.30. The van der Waals surface area contributed by atoms with Crippen LogP contribution in [0.4, 0.5) is 4.39 Å². The number of imidazole rings is 1. The van der Waals surface area contributed by atoms with E-state index in [0.29, 0.717) is 48.8 Å². The number of aromatic amines is 1.